The topological polar surface area (TPSA) is 51.8 Å². The van der Waals surface area contributed by atoms with Crippen LogP contribution in [0.25, 0.3) is 0 Å². The van der Waals surface area contributed by atoms with Gasteiger partial charge in [0.25, 0.3) is 0 Å². The Bertz CT molecular complexity index is 303. The summed E-state index contributed by atoms with van der Waals surface area (Å²) >= 11 is 0. The van der Waals surface area contributed by atoms with Crippen LogP contribution in [0.2, 0.25) is 0 Å². The first-order valence-corrected chi connectivity index (χ1v) is 3.93. The molecule has 0 spiro atoms. The summed E-state index contributed by atoms with van der Waals surface area (Å²) in [5, 5.41) is 6.76. The van der Waals surface area contributed by atoms with E-state index in [-0.39, 0.29) is 0 Å². The maximum Gasteiger partial charge on any atom is 0.159 e. The first kappa shape index (κ1) is 9.38. The molecule has 0 amide bonds. The molecule has 68 valence electrons. The van der Waals surface area contributed by atoms with Crippen LogP contribution in [0, 0.1) is 5.53 Å². The number of nitrogens with zero attached hydrogens (tertiary/aromatic N) is 3. The molecule has 0 aliphatic carbocycles. The van der Waals surface area contributed by atoms with Gasteiger partial charge in [-0.15, -0.1) is 5.10 Å². The number of nitrogens with one attached hydrogen (secondary N) is 1. The second kappa shape index (κ2) is 4.35. The molecule has 0 fully saturated rings. The summed E-state index contributed by atoms with van der Waals surface area (Å²) in [6.45, 7) is 0. The Morgan fingerprint density at radius 1 is 1.23 bits per heavy atom. The minimum absolute atomic E-state index is 0.690. The second-order valence-corrected chi connectivity index (χ2v) is 2.78. The summed E-state index contributed by atoms with van der Waals surface area (Å²) in [6, 6.07) is 9.67. The van der Waals surface area contributed by atoms with Crippen molar-refractivity contribution in [3.63, 3.8) is 0 Å². The molecule has 0 saturated heterocycles. The molecule has 0 unspecified atom stereocenters. The first-order valence-electron chi connectivity index (χ1n) is 3.93. The van der Waals surface area contributed by atoms with E-state index < -0.39 is 0 Å². The van der Waals surface area contributed by atoms with Crippen LogP contribution in [-0.4, -0.2) is 24.8 Å². The zero-order valence-electron chi connectivity index (χ0n) is 7.73. The summed E-state index contributed by atoms with van der Waals surface area (Å²) in [5.41, 5.74) is 7.65. The number of hydrogen-bond acceptors (Lipinski definition) is 2. The Morgan fingerprint density at radius 2 is 1.85 bits per heavy atom. The standard InChI is InChI=1S/C9H12N4/c1-13(2)9(11-12-10)8-6-4-3-5-7-8/h3-7,10H,1-2H3. The van der Waals surface area contributed by atoms with Crippen molar-refractivity contribution in [1.82, 2.24) is 4.90 Å². The highest BCUT2D eigenvalue weighted by atomic mass is 15.3. The van der Waals surface area contributed by atoms with Gasteiger partial charge in [0.05, 0.1) is 0 Å². The Morgan fingerprint density at radius 3 is 2.31 bits per heavy atom. The van der Waals surface area contributed by atoms with Crippen molar-refractivity contribution in [3.05, 3.63) is 35.9 Å². The zero-order valence-corrected chi connectivity index (χ0v) is 7.73. The van der Waals surface area contributed by atoms with E-state index in [9.17, 15) is 0 Å². The third-order valence-electron chi connectivity index (χ3n) is 1.60. The van der Waals surface area contributed by atoms with Crippen LogP contribution in [0.15, 0.2) is 40.7 Å². The van der Waals surface area contributed by atoms with Crippen LogP contribution in [0.1, 0.15) is 5.56 Å². The molecule has 1 N–H and O–H groups in total. The van der Waals surface area contributed by atoms with E-state index in [1.807, 2.05) is 49.3 Å². The molecule has 0 atom stereocenters. The lowest BCUT2D eigenvalue weighted by molar-refractivity contribution is 0.618. The summed E-state index contributed by atoms with van der Waals surface area (Å²) in [7, 11) is 3.74. The van der Waals surface area contributed by atoms with Crippen molar-refractivity contribution in [1.29, 1.82) is 5.53 Å². The number of benzene rings is 1. The highest BCUT2D eigenvalue weighted by Crippen LogP contribution is 2.03. The van der Waals surface area contributed by atoms with Crippen LogP contribution in [0.3, 0.4) is 0 Å². The van der Waals surface area contributed by atoms with E-state index in [0.29, 0.717) is 5.84 Å². The smallest absolute Gasteiger partial charge is 0.159 e. The predicted molar refractivity (Wildman–Crippen MR) is 51.8 cm³/mol. The van der Waals surface area contributed by atoms with E-state index in [4.69, 9.17) is 5.53 Å². The monoisotopic (exact) mass is 176 g/mol. The molecule has 0 heterocycles. The Kier molecular flexibility index (Phi) is 3.14. The second-order valence-electron chi connectivity index (χ2n) is 2.78. The fraction of sp³-hybridized carbons (Fsp3) is 0.222. The maximum atomic E-state index is 6.69. The largest absolute Gasteiger partial charge is 0.361 e. The molecular formula is C9H12N4. The third kappa shape index (κ3) is 2.37. The van der Waals surface area contributed by atoms with Gasteiger partial charge in [-0.3, -0.25) is 0 Å². The molecule has 1 aromatic carbocycles. The van der Waals surface area contributed by atoms with Crippen LogP contribution < -0.4 is 0 Å². The average Bonchev–Trinajstić information content (AvgIpc) is 2.15. The van der Waals surface area contributed by atoms with Gasteiger partial charge in [0.15, 0.2) is 5.84 Å². The van der Waals surface area contributed by atoms with Crippen LogP contribution in [0.4, 0.5) is 0 Å². The first-order chi connectivity index (χ1) is 6.25. The van der Waals surface area contributed by atoms with E-state index >= 15 is 0 Å². The number of rotatable bonds is 2. The van der Waals surface area contributed by atoms with Gasteiger partial charge >= 0.3 is 0 Å². The average molecular weight is 176 g/mol. The fourth-order valence-electron chi connectivity index (χ4n) is 1.04. The van der Waals surface area contributed by atoms with Gasteiger partial charge < -0.3 is 4.90 Å². The summed E-state index contributed by atoms with van der Waals surface area (Å²) < 4.78 is 0. The molecule has 0 bridgehead atoms. The molecule has 0 radical (unpaired) electrons. The highest BCUT2D eigenvalue weighted by molar-refractivity contribution is 5.98. The highest BCUT2D eigenvalue weighted by Gasteiger charge is 2.03. The zero-order chi connectivity index (χ0) is 9.68. The molecule has 0 aliphatic rings. The Balaban J connectivity index is 3.03. The van der Waals surface area contributed by atoms with Crippen LogP contribution in [0.5, 0.6) is 0 Å². The lowest BCUT2D eigenvalue weighted by atomic mass is 10.2. The van der Waals surface area contributed by atoms with Crippen molar-refractivity contribution < 1.29 is 0 Å². The van der Waals surface area contributed by atoms with Gasteiger partial charge in [-0.25, -0.2) is 0 Å². The third-order valence-corrected chi connectivity index (χ3v) is 1.60. The molecule has 0 aliphatic heterocycles. The molecule has 4 heteroatoms. The van der Waals surface area contributed by atoms with Gasteiger partial charge in [0, 0.05) is 19.7 Å². The van der Waals surface area contributed by atoms with E-state index in [0.717, 1.165) is 5.56 Å². The Hall–Kier alpha value is -1.71. The SMILES string of the molecule is CN(C)C(=NN=N)c1ccccc1. The summed E-state index contributed by atoms with van der Waals surface area (Å²) in [4.78, 5) is 1.83. The molecule has 4 nitrogen and oxygen atoms in total. The maximum absolute atomic E-state index is 6.69. The molecule has 1 rings (SSSR count). The predicted octanol–water partition coefficient (Wildman–Crippen LogP) is 1.94. The van der Waals surface area contributed by atoms with Crippen molar-refractivity contribution in [2.75, 3.05) is 14.1 Å². The molecule has 0 saturated carbocycles. The van der Waals surface area contributed by atoms with Gasteiger partial charge in [0.1, 0.15) is 0 Å². The van der Waals surface area contributed by atoms with Crippen molar-refractivity contribution >= 4 is 5.84 Å². The normalized spacial score (nSPS) is 11.1. The van der Waals surface area contributed by atoms with E-state index in [1.54, 1.807) is 0 Å². The summed E-state index contributed by atoms with van der Waals surface area (Å²) in [5.74, 6) is 0.690. The molecule has 0 aromatic heterocycles. The van der Waals surface area contributed by atoms with E-state index in [1.165, 1.54) is 0 Å². The minimum atomic E-state index is 0.690. The van der Waals surface area contributed by atoms with Gasteiger partial charge in [0.2, 0.25) is 0 Å². The van der Waals surface area contributed by atoms with Crippen molar-refractivity contribution in [2.24, 2.45) is 10.3 Å². The van der Waals surface area contributed by atoms with Crippen LogP contribution >= 0.6 is 0 Å². The quantitative estimate of drug-likeness (QED) is 0.318. The fourth-order valence-corrected chi connectivity index (χ4v) is 1.04. The minimum Gasteiger partial charge on any atom is -0.361 e. The van der Waals surface area contributed by atoms with Crippen molar-refractivity contribution in [3.8, 4) is 0 Å². The lowest BCUT2D eigenvalue weighted by Crippen LogP contribution is -2.22. The number of hydrogen-bond donors (Lipinski definition) is 1. The summed E-state index contributed by atoms with van der Waals surface area (Å²) in [6.07, 6.45) is 0. The van der Waals surface area contributed by atoms with Crippen molar-refractivity contribution in [2.45, 2.75) is 0 Å². The lowest BCUT2D eigenvalue weighted by Gasteiger charge is -2.13. The van der Waals surface area contributed by atoms with Crippen LogP contribution in [-0.2, 0) is 0 Å². The van der Waals surface area contributed by atoms with Gasteiger partial charge in [-0.05, 0) is 0 Å². The van der Waals surface area contributed by atoms with Gasteiger partial charge in [-0.1, -0.05) is 35.6 Å². The Labute approximate surface area is 77.4 Å². The molecule has 13 heavy (non-hydrogen) atoms. The number of amidine groups is 1. The molecular weight excluding hydrogens is 164 g/mol. The van der Waals surface area contributed by atoms with Gasteiger partial charge in [-0.2, -0.15) is 5.53 Å². The molecule has 1 aromatic rings. The van der Waals surface area contributed by atoms with E-state index in [2.05, 4.69) is 10.3 Å².